The van der Waals surface area contributed by atoms with Crippen molar-refractivity contribution in [3.8, 4) is 11.5 Å². The molecule has 0 N–H and O–H groups in total. The van der Waals surface area contributed by atoms with Crippen molar-refractivity contribution in [2.45, 2.75) is 24.2 Å². The second kappa shape index (κ2) is 9.19. The maximum atomic E-state index is 13.1. The molecular weight excluding hydrogens is 441 g/mol. The lowest BCUT2D eigenvalue weighted by atomic mass is 10.1. The summed E-state index contributed by atoms with van der Waals surface area (Å²) in [6.07, 6.45) is 0.431. The molecule has 0 radical (unpaired) electrons. The quantitative estimate of drug-likeness (QED) is 0.499. The summed E-state index contributed by atoms with van der Waals surface area (Å²) >= 11 is 1.09. The molecule has 2 heterocycles. The fourth-order valence-electron chi connectivity index (χ4n) is 3.41. The third-order valence-corrected chi connectivity index (χ3v) is 7.54. The Balaban J connectivity index is 1.44. The van der Waals surface area contributed by atoms with Crippen LogP contribution >= 0.6 is 11.8 Å². The van der Waals surface area contributed by atoms with Crippen LogP contribution in [0.4, 0.5) is 4.39 Å². The van der Waals surface area contributed by atoms with Crippen molar-refractivity contribution in [3.05, 3.63) is 66.0 Å². The largest absolute Gasteiger partial charge is 0.411 e. The molecule has 1 aliphatic rings. The Morgan fingerprint density at radius 2 is 1.87 bits per heavy atom. The highest BCUT2D eigenvalue weighted by Crippen LogP contribution is 2.25. The first kappa shape index (κ1) is 21.5. The second-order valence-corrected chi connectivity index (χ2v) is 10.4. The maximum absolute atomic E-state index is 13.1. The molecule has 1 saturated heterocycles. The second-order valence-electron chi connectivity index (χ2n) is 7.23. The van der Waals surface area contributed by atoms with Gasteiger partial charge >= 0.3 is 0 Å². The van der Waals surface area contributed by atoms with Gasteiger partial charge in [-0.1, -0.05) is 42.1 Å². The number of aromatic nitrogens is 2. The van der Waals surface area contributed by atoms with Crippen LogP contribution in [0.5, 0.6) is 0 Å². The molecule has 0 spiro atoms. The van der Waals surface area contributed by atoms with Crippen molar-refractivity contribution in [2.75, 3.05) is 17.3 Å². The SMILES string of the molecule is O=C(CSc1nnc(-c2ccc(F)cc2)o1)N(Cc1ccccc1)[C@H]1CCS(=O)(=O)C1. The Kier molecular flexibility index (Phi) is 6.38. The number of sulfone groups is 1. The van der Waals surface area contributed by atoms with Crippen LogP contribution in [0.2, 0.25) is 0 Å². The summed E-state index contributed by atoms with van der Waals surface area (Å²) in [6, 6.07) is 14.8. The summed E-state index contributed by atoms with van der Waals surface area (Å²) in [7, 11) is -3.13. The molecule has 162 valence electrons. The van der Waals surface area contributed by atoms with Gasteiger partial charge in [0, 0.05) is 18.2 Å². The number of hydrogen-bond donors (Lipinski definition) is 0. The maximum Gasteiger partial charge on any atom is 0.277 e. The Morgan fingerprint density at radius 1 is 1.13 bits per heavy atom. The lowest BCUT2D eigenvalue weighted by Gasteiger charge is -2.28. The van der Waals surface area contributed by atoms with Gasteiger partial charge in [-0.25, -0.2) is 12.8 Å². The molecular formula is C21H20FN3O4S2. The molecule has 0 bridgehead atoms. The van der Waals surface area contributed by atoms with Crippen LogP contribution in [-0.2, 0) is 21.2 Å². The summed E-state index contributed by atoms with van der Waals surface area (Å²) in [5.41, 5.74) is 1.51. The van der Waals surface area contributed by atoms with E-state index in [2.05, 4.69) is 10.2 Å². The zero-order chi connectivity index (χ0) is 21.8. The van der Waals surface area contributed by atoms with E-state index in [9.17, 15) is 17.6 Å². The van der Waals surface area contributed by atoms with Gasteiger partial charge in [-0.15, -0.1) is 10.2 Å². The average molecular weight is 462 g/mol. The standard InChI is InChI=1S/C21H20FN3O4S2/c22-17-8-6-16(7-9-17)20-23-24-21(29-20)30-13-19(26)25(12-15-4-2-1-3-5-15)18-10-11-31(27,28)14-18/h1-9,18H,10-14H2/t18-/m0/s1. The first-order valence-electron chi connectivity index (χ1n) is 9.66. The summed E-state index contributed by atoms with van der Waals surface area (Å²) in [4.78, 5) is 14.6. The third-order valence-electron chi connectivity index (χ3n) is 4.98. The average Bonchev–Trinajstić information content (AvgIpc) is 3.38. The Hall–Kier alpha value is -2.72. The molecule has 4 rings (SSSR count). The molecule has 1 fully saturated rings. The summed E-state index contributed by atoms with van der Waals surface area (Å²) < 4.78 is 42.6. The predicted octanol–water partition coefficient (Wildman–Crippen LogP) is 3.18. The van der Waals surface area contributed by atoms with Gasteiger partial charge in [-0.3, -0.25) is 4.79 Å². The molecule has 3 aromatic rings. The van der Waals surface area contributed by atoms with E-state index < -0.39 is 9.84 Å². The third kappa shape index (κ3) is 5.50. The highest BCUT2D eigenvalue weighted by Gasteiger charge is 2.34. The molecule has 0 aliphatic carbocycles. The first-order valence-corrected chi connectivity index (χ1v) is 12.5. The van der Waals surface area contributed by atoms with Gasteiger partial charge in [0.15, 0.2) is 9.84 Å². The van der Waals surface area contributed by atoms with Gasteiger partial charge in [0.05, 0.1) is 17.3 Å². The van der Waals surface area contributed by atoms with Crippen molar-refractivity contribution in [3.63, 3.8) is 0 Å². The number of benzene rings is 2. The molecule has 31 heavy (non-hydrogen) atoms. The zero-order valence-corrected chi connectivity index (χ0v) is 18.1. The number of carbonyl (C=O) groups is 1. The predicted molar refractivity (Wildman–Crippen MR) is 114 cm³/mol. The lowest BCUT2D eigenvalue weighted by molar-refractivity contribution is -0.130. The molecule has 10 heteroatoms. The molecule has 7 nitrogen and oxygen atoms in total. The monoisotopic (exact) mass is 461 g/mol. The van der Waals surface area contributed by atoms with Gasteiger partial charge in [0.1, 0.15) is 5.82 Å². The van der Waals surface area contributed by atoms with Gasteiger partial charge < -0.3 is 9.32 Å². The summed E-state index contributed by atoms with van der Waals surface area (Å²) in [5.74, 6) is -0.222. The van der Waals surface area contributed by atoms with E-state index >= 15 is 0 Å². The summed E-state index contributed by atoms with van der Waals surface area (Å²) in [6.45, 7) is 0.338. The van der Waals surface area contributed by atoms with Crippen molar-refractivity contribution in [2.24, 2.45) is 0 Å². The Bertz CT molecular complexity index is 1150. The van der Waals surface area contributed by atoms with E-state index in [1.54, 1.807) is 4.90 Å². The van der Waals surface area contributed by atoms with E-state index in [4.69, 9.17) is 4.42 Å². The number of hydrogen-bond acceptors (Lipinski definition) is 7. The number of nitrogens with zero attached hydrogens (tertiary/aromatic N) is 3. The van der Waals surface area contributed by atoms with Gasteiger partial charge in [0.25, 0.3) is 5.22 Å². The van der Waals surface area contributed by atoms with E-state index in [1.807, 2.05) is 30.3 Å². The Labute approximate surface area is 183 Å². The van der Waals surface area contributed by atoms with E-state index in [0.717, 1.165) is 17.3 Å². The normalized spacial score (nSPS) is 17.5. The lowest BCUT2D eigenvalue weighted by Crippen LogP contribution is -2.41. The van der Waals surface area contributed by atoms with Crippen LogP contribution in [-0.4, -0.2) is 52.7 Å². The topological polar surface area (TPSA) is 93.4 Å². The van der Waals surface area contributed by atoms with Crippen LogP contribution in [0, 0.1) is 5.82 Å². The molecule has 0 saturated carbocycles. The van der Waals surface area contributed by atoms with Crippen LogP contribution in [0.25, 0.3) is 11.5 Å². The smallest absolute Gasteiger partial charge is 0.277 e. The van der Waals surface area contributed by atoms with Crippen molar-refractivity contribution in [1.29, 1.82) is 0 Å². The molecule has 1 aliphatic heterocycles. The molecule has 2 aromatic carbocycles. The minimum atomic E-state index is -3.13. The minimum Gasteiger partial charge on any atom is -0.411 e. The number of thioether (sulfide) groups is 1. The van der Waals surface area contributed by atoms with Gasteiger partial charge in [-0.2, -0.15) is 0 Å². The number of amides is 1. The van der Waals surface area contributed by atoms with Crippen LogP contribution in [0.3, 0.4) is 0 Å². The zero-order valence-electron chi connectivity index (χ0n) is 16.5. The van der Waals surface area contributed by atoms with Crippen LogP contribution < -0.4 is 0 Å². The van der Waals surface area contributed by atoms with Gasteiger partial charge in [0.2, 0.25) is 11.8 Å². The Morgan fingerprint density at radius 3 is 2.55 bits per heavy atom. The first-order chi connectivity index (χ1) is 14.9. The molecule has 1 amide bonds. The van der Waals surface area contributed by atoms with Crippen molar-refractivity contribution < 1.29 is 22.0 Å². The van der Waals surface area contributed by atoms with E-state index in [0.29, 0.717) is 18.5 Å². The van der Waals surface area contributed by atoms with Crippen molar-refractivity contribution >= 4 is 27.5 Å². The van der Waals surface area contributed by atoms with E-state index in [-0.39, 0.29) is 46.1 Å². The molecule has 1 aromatic heterocycles. The number of carbonyl (C=O) groups excluding carboxylic acids is 1. The van der Waals surface area contributed by atoms with E-state index in [1.165, 1.54) is 24.3 Å². The van der Waals surface area contributed by atoms with Gasteiger partial charge in [-0.05, 0) is 36.2 Å². The summed E-state index contributed by atoms with van der Waals surface area (Å²) in [5, 5.41) is 8.09. The highest BCUT2D eigenvalue weighted by atomic mass is 32.2. The van der Waals surface area contributed by atoms with Crippen molar-refractivity contribution in [1.82, 2.24) is 15.1 Å². The fraction of sp³-hybridized carbons (Fsp3) is 0.286. The number of rotatable bonds is 7. The highest BCUT2D eigenvalue weighted by molar-refractivity contribution is 7.99. The molecule has 1 atom stereocenters. The minimum absolute atomic E-state index is 0.0223. The number of halogens is 1. The van der Waals surface area contributed by atoms with Crippen LogP contribution in [0.1, 0.15) is 12.0 Å². The molecule has 0 unspecified atom stereocenters. The van der Waals surface area contributed by atoms with Crippen LogP contribution in [0.15, 0.2) is 64.2 Å². The fourth-order valence-corrected chi connectivity index (χ4v) is 5.79.